The van der Waals surface area contributed by atoms with Crippen molar-refractivity contribution in [1.82, 2.24) is 19.5 Å². The molecule has 0 bridgehead atoms. The van der Waals surface area contributed by atoms with E-state index in [0.29, 0.717) is 0 Å². The number of nitrogen functional groups attached to an aromatic ring is 1. The van der Waals surface area contributed by atoms with Crippen LogP contribution in [0.4, 0.5) is 28.2 Å². The molecule has 0 amide bonds. The van der Waals surface area contributed by atoms with Gasteiger partial charge >= 0.3 is 18.3 Å². The van der Waals surface area contributed by atoms with Gasteiger partial charge in [-0.3, -0.25) is 9.36 Å². The van der Waals surface area contributed by atoms with E-state index in [0.717, 1.165) is 10.9 Å². The second-order valence-electron chi connectivity index (χ2n) is 9.10. The Hall–Kier alpha value is -3.23. The summed E-state index contributed by atoms with van der Waals surface area (Å²) in [5.41, 5.74) is 3.96. The monoisotopic (exact) mass is 507 g/mol. The number of carbonyl (C=O) groups is 2. The molecule has 1 saturated heterocycles. The van der Waals surface area contributed by atoms with Gasteiger partial charge in [-0.25, -0.2) is 24.1 Å². The van der Waals surface area contributed by atoms with Crippen molar-refractivity contribution in [3.8, 4) is 0 Å². The fourth-order valence-corrected chi connectivity index (χ4v) is 3.16. The van der Waals surface area contributed by atoms with Crippen LogP contribution < -0.4 is 5.73 Å². The molecule has 194 valence electrons. The van der Waals surface area contributed by atoms with Crippen molar-refractivity contribution in [3.05, 3.63) is 12.2 Å². The average molecular weight is 507 g/mol. The summed E-state index contributed by atoms with van der Waals surface area (Å²) in [6.45, 7) is 7.35. The largest absolute Gasteiger partial charge is 0.509 e. The molecule has 2 aromatic rings. The van der Waals surface area contributed by atoms with Gasteiger partial charge in [0.1, 0.15) is 23.8 Å². The molecule has 15 heteroatoms. The van der Waals surface area contributed by atoms with Gasteiger partial charge in [-0.2, -0.15) is 13.2 Å². The Kier molecular flexibility index (Phi) is 7.11. The van der Waals surface area contributed by atoms with Gasteiger partial charge in [0.2, 0.25) is 5.82 Å². The SMILES string of the molecule is CC(C)C(=O)OC[C@H]1O[C@@H](n2cnc3c(N)nc(C(F)(F)F)nc32)[C@@H](F)[C@@H]1OC(=O)OC(C)(C)C. The van der Waals surface area contributed by atoms with E-state index < -0.39 is 78.3 Å². The minimum Gasteiger partial charge on any atom is -0.463 e. The summed E-state index contributed by atoms with van der Waals surface area (Å²) < 4.78 is 76.9. The third-order valence-corrected chi connectivity index (χ3v) is 4.73. The van der Waals surface area contributed by atoms with Crippen LogP contribution in [0.5, 0.6) is 0 Å². The van der Waals surface area contributed by atoms with E-state index in [2.05, 4.69) is 15.0 Å². The number of hydrogen-bond donors (Lipinski definition) is 1. The third-order valence-electron chi connectivity index (χ3n) is 4.73. The van der Waals surface area contributed by atoms with Gasteiger partial charge < -0.3 is 24.7 Å². The molecule has 0 aromatic carbocycles. The number of aromatic nitrogens is 4. The molecular formula is C20H25F4N5O6. The first-order valence-electron chi connectivity index (χ1n) is 10.5. The predicted octanol–water partition coefficient (Wildman–Crippen LogP) is 3.18. The van der Waals surface area contributed by atoms with Crippen molar-refractivity contribution in [2.24, 2.45) is 5.92 Å². The van der Waals surface area contributed by atoms with Gasteiger partial charge in [0.25, 0.3) is 0 Å². The van der Waals surface area contributed by atoms with Crippen LogP contribution in [0.2, 0.25) is 0 Å². The Bertz CT molecular complexity index is 1100. The molecule has 3 heterocycles. The number of halogens is 4. The minimum absolute atomic E-state index is 0.215. The third kappa shape index (κ3) is 5.89. The Morgan fingerprint density at radius 2 is 1.89 bits per heavy atom. The molecule has 1 aliphatic rings. The summed E-state index contributed by atoms with van der Waals surface area (Å²) in [5, 5.41) is 0. The first-order chi connectivity index (χ1) is 16.1. The Morgan fingerprint density at radius 3 is 2.46 bits per heavy atom. The number of nitrogens with zero attached hydrogens (tertiary/aromatic N) is 4. The standard InChI is InChI=1S/C20H25F4N5O6/c1-8(2)16(30)32-6-9-12(34-18(31)35-19(3,4)5)10(21)15(33-9)29-7-26-11-13(25)27-17(20(22,23)24)28-14(11)29/h7-10,12,15H,6H2,1-5H3,(H2,25,27,28)/t9-,10+,12-,15-/m1/s1. The highest BCUT2D eigenvalue weighted by Gasteiger charge is 2.50. The van der Waals surface area contributed by atoms with Crippen molar-refractivity contribution in [2.75, 3.05) is 12.3 Å². The molecule has 1 fully saturated rings. The number of esters is 1. The lowest BCUT2D eigenvalue weighted by molar-refractivity contribution is -0.154. The summed E-state index contributed by atoms with van der Waals surface area (Å²) >= 11 is 0. The number of nitrogens with two attached hydrogens (primary N) is 1. The quantitative estimate of drug-likeness (QED) is 0.474. The van der Waals surface area contributed by atoms with Crippen LogP contribution >= 0.6 is 0 Å². The maximum absolute atomic E-state index is 15.6. The lowest BCUT2D eigenvalue weighted by Crippen LogP contribution is -2.38. The van der Waals surface area contributed by atoms with E-state index in [1.165, 1.54) is 0 Å². The first kappa shape index (κ1) is 26.4. The van der Waals surface area contributed by atoms with Gasteiger partial charge in [-0.15, -0.1) is 0 Å². The van der Waals surface area contributed by atoms with Crippen LogP contribution in [0.15, 0.2) is 6.33 Å². The van der Waals surface area contributed by atoms with Gasteiger partial charge in [-0.1, -0.05) is 13.8 Å². The molecule has 35 heavy (non-hydrogen) atoms. The van der Waals surface area contributed by atoms with Crippen molar-refractivity contribution in [1.29, 1.82) is 0 Å². The number of ether oxygens (including phenoxy) is 4. The zero-order valence-corrected chi connectivity index (χ0v) is 19.5. The fourth-order valence-electron chi connectivity index (χ4n) is 3.16. The predicted molar refractivity (Wildman–Crippen MR) is 110 cm³/mol. The zero-order chi connectivity index (χ0) is 26.3. The molecule has 0 spiro atoms. The van der Waals surface area contributed by atoms with E-state index in [1.54, 1.807) is 34.6 Å². The fraction of sp³-hybridized carbons (Fsp3) is 0.650. The molecule has 3 rings (SSSR count). The van der Waals surface area contributed by atoms with Crippen LogP contribution in [-0.2, 0) is 29.9 Å². The summed E-state index contributed by atoms with van der Waals surface area (Å²) in [5.74, 6) is -3.25. The van der Waals surface area contributed by atoms with E-state index in [9.17, 15) is 22.8 Å². The van der Waals surface area contributed by atoms with Crippen molar-refractivity contribution >= 4 is 29.1 Å². The van der Waals surface area contributed by atoms with Crippen molar-refractivity contribution in [3.63, 3.8) is 0 Å². The lowest BCUT2D eigenvalue weighted by Gasteiger charge is -2.23. The van der Waals surface area contributed by atoms with Gasteiger partial charge in [-0.05, 0) is 20.8 Å². The topological polar surface area (TPSA) is 141 Å². The molecular weight excluding hydrogens is 482 g/mol. The smallest absolute Gasteiger partial charge is 0.463 e. The van der Waals surface area contributed by atoms with Crippen LogP contribution in [0.1, 0.15) is 46.7 Å². The van der Waals surface area contributed by atoms with E-state index in [4.69, 9.17) is 24.7 Å². The highest BCUT2D eigenvalue weighted by atomic mass is 19.4. The van der Waals surface area contributed by atoms with E-state index in [-0.39, 0.29) is 5.52 Å². The molecule has 2 N–H and O–H groups in total. The minimum atomic E-state index is -4.93. The Morgan fingerprint density at radius 1 is 1.23 bits per heavy atom. The number of anilines is 1. The zero-order valence-electron chi connectivity index (χ0n) is 19.5. The molecule has 0 saturated carbocycles. The summed E-state index contributed by atoms with van der Waals surface area (Å²) in [4.78, 5) is 34.6. The van der Waals surface area contributed by atoms with Crippen LogP contribution in [0, 0.1) is 5.92 Å². The molecule has 1 aliphatic heterocycles. The van der Waals surface area contributed by atoms with Crippen LogP contribution in [0.3, 0.4) is 0 Å². The lowest BCUT2D eigenvalue weighted by atomic mass is 10.1. The first-order valence-corrected chi connectivity index (χ1v) is 10.5. The normalized spacial score (nSPS) is 23.0. The highest BCUT2D eigenvalue weighted by molar-refractivity contribution is 5.81. The number of alkyl halides is 4. The molecule has 2 aromatic heterocycles. The number of carbonyl (C=O) groups excluding carboxylic acids is 2. The van der Waals surface area contributed by atoms with Crippen molar-refractivity contribution in [2.45, 2.75) is 71.0 Å². The second kappa shape index (κ2) is 9.43. The van der Waals surface area contributed by atoms with Crippen LogP contribution in [0.25, 0.3) is 11.2 Å². The number of imidazole rings is 1. The summed E-state index contributed by atoms with van der Waals surface area (Å²) in [6.07, 6.45) is -11.9. The molecule has 0 radical (unpaired) electrons. The maximum Gasteiger partial charge on any atom is 0.509 e. The van der Waals surface area contributed by atoms with Gasteiger partial charge in [0.05, 0.1) is 12.2 Å². The maximum atomic E-state index is 15.6. The number of fused-ring (bicyclic) bond motifs is 1. The molecule has 11 nitrogen and oxygen atoms in total. The van der Waals surface area contributed by atoms with E-state index >= 15 is 4.39 Å². The average Bonchev–Trinajstić information content (AvgIpc) is 3.26. The Labute approximate surface area is 196 Å². The molecule has 0 unspecified atom stereocenters. The summed E-state index contributed by atoms with van der Waals surface area (Å²) in [6, 6.07) is 0. The van der Waals surface area contributed by atoms with E-state index in [1.807, 2.05) is 0 Å². The summed E-state index contributed by atoms with van der Waals surface area (Å²) in [7, 11) is 0. The van der Waals surface area contributed by atoms with Gasteiger partial charge in [0, 0.05) is 0 Å². The molecule has 0 aliphatic carbocycles. The number of hydrogen-bond acceptors (Lipinski definition) is 10. The second-order valence-corrected chi connectivity index (χ2v) is 9.10. The molecule has 4 atom stereocenters. The van der Waals surface area contributed by atoms with Crippen molar-refractivity contribution < 1.29 is 46.1 Å². The highest BCUT2D eigenvalue weighted by Crippen LogP contribution is 2.37. The van der Waals surface area contributed by atoms with Gasteiger partial charge in [0.15, 0.2) is 30.0 Å². The Balaban J connectivity index is 1.95. The number of rotatable bonds is 5. The van der Waals surface area contributed by atoms with Crippen LogP contribution in [-0.4, -0.2) is 62.2 Å².